The van der Waals surface area contributed by atoms with Crippen molar-refractivity contribution >= 4 is 17.5 Å². The smallest absolute Gasteiger partial charge is 0.382 e. The van der Waals surface area contributed by atoms with Crippen LogP contribution in [-0.2, 0) is 19.3 Å². The largest absolute Gasteiger partial charge is 0.418 e. The lowest BCUT2D eigenvalue weighted by molar-refractivity contribution is -0.207. The third kappa shape index (κ3) is 6.41. The Labute approximate surface area is 241 Å². The van der Waals surface area contributed by atoms with Crippen LogP contribution in [0.5, 0.6) is 0 Å². The number of aromatic nitrogens is 6. The van der Waals surface area contributed by atoms with Crippen LogP contribution in [0.1, 0.15) is 28.2 Å². The number of alkyl halides is 7. The van der Waals surface area contributed by atoms with Crippen LogP contribution in [0.2, 0.25) is 5.02 Å². The van der Waals surface area contributed by atoms with Crippen molar-refractivity contribution in [2.24, 2.45) is 0 Å². The lowest BCUT2D eigenvalue weighted by atomic mass is 10.1. The molecule has 0 aliphatic heterocycles. The minimum absolute atomic E-state index is 0.0207. The highest BCUT2D eigenvalue weighted by atomic mass is 35.5. The number of carbonyl (C=O) groups excluding carboxylic acids is 1. The van der Waals surface area contributed by atoms with E-state index in [-0.39, 0.29) is 28.7 Å². The number of carbonyl (C=O) groups is 1. The van der Waals surface area contributed by atoms with E-state index in [1.165, 1.54) is 24.3 Å². The van der Waals surface area contributed by atoms with Crippen molar-refractivity contribution in [2.75, 3.05) is 0 Å². The molecule has 0 saturated heterocycles. The molecule has 1 aliphatic carbocycles. The quantitative estimate of drug-likeness (QED) is 0.285. The molecule has 1 aliphatic rings. The fourth-order valence-electron chi connectivity index (χ4n) is 4.17. The molecule has 0 bridgehead atoms. The summed E-state index contributed by atoms with van der Waals surface area (Å²) in [7, 11) is 0. The predicted molar refractivity (Wildman–Crippen MR) is 135 cm³/mol. The Hall–Kier alpha value is -4.25. The maximum absolute atomic E-state index is 13.9. The lowest BCUT2D eigenvalue weighted by Gasteiger charge is -2.16. The number of nitrogens with one attached hydrogen (secondary N) is 1. The molecular formula is C25H19ClF7N7O3. The zero-order valence-electron chi connectivity index (χ0n) is 21.4. The number of rotatable bonds is 8. The molecule has 4 aromatic rings. The second-order valence-electron chi connectivity index (χ2n) is 9.58. The number of nitrogens with zero attached hydrogens (tertiary/aromatic N) is 6. The molecule has 2 heterocycles. The summed E-state index contributed by atoms with van der Waals surface area (Å²) in [4.78, 5) is 29.7. The van der Waals surface area contributed by atoms with Crippen molar-refractivity contribution in [1.29, 1.82) is 0 Å². The number of amides is 1. The molecule has 18 heteroatoms. The number of para-hydroxylation sites is 1. The van der Waals surface area contributed by atoms with Gasteiger partial charge in [-0.2, -0.15) is 26.3 Å². The molecule has 0 unspecified atom stereocenters. The summed E-state index contributed by atoms with van der Waals surface area (Å²) >= 11 is 5.87. The summed E-state index contributed by atoms with van der Waals surface area (Å²) in [5.41, 5.74) is -3.37. The van der Waals surface area contributed by atoms with E-state index in [0.717, 1.165) is 18.5 Å². The van der Waals surface area contributed by atoms with Crippen molar-refractivity contribution in [2.45, 2.75) is 50.2 Å². The van der Waals surface area contributed by atoms with Crippen molar-refractivity contribution < 1.29 is 40.6 Å². The fourth-order valence-corrected chi connectivity index (χ4v) is 4.30. The Bertz CT molecular complexity index is 1710. The van der Waals surface area contributed by atoms with Crippen LogP contribution < -0.4 is 11.0 Å². The first-order valence-electron chi connectivity index (χ1n) is 12.4. The van der Waals surface area contributed by atoms with Crippen LogP contribution in [0.25, 0.3) is 17.1 Å². The molecule has 0 radical (unpaired) electrons. The number of halogens is 8. The Morgan fingerprint density at radius 3 is 2.37 bits per heavy atom. The first-order chi connectivity index (χ1) is 20.1. The standard InChI is InChI=1S/C25H19ClF7N7O3/c26-13-6-4-12(5-7-13)21-37-39(23(43)38(21)9-18(41)25(31,32)33)10-19-34-11-40(36-19)20-14(22(42)35-17-8-16(17)27)2-1-3-15(20)24(28,29)30/h1-7,11,16-18,41H,8-10H2,(H,35,42)/t16-,17-,18+/m1/s1. The highest BCUT2D eigenvalue weighted by molar-refractivity contribution is 6.30. The summed E-state index contributed by atoms with van der Waals surface area (Å²) in [5, 5.41) is 20.2. The molecule has 43 heavy (non-hydrogen) atoms. The SMILES string of the molecule is O=C(N[C@@H]1C[C@H]1F)c1cccc(C(F)(F)F)c1-n1cnc(Cn2nc(-c3ccc(Cl)cc3)n(C[C@H](O)C(F)(F)F)c2=O)n1. The van der Waals surface area contributed by atoms with Gasteiger partial charge >= 0.3 is 18.0 Å². The van der Waals surface area contributed by atoms with E-state index in [9.17, 15) is 45.4 Å². The third-order valence-electron chi connectivity index (χ3n) is 6.43. The van der Waals surface area contributed by atoms with Crippen LogP contribution >= 0.6 is 11.6 Å². The summed E-state index contributed by atoms with van der Waals surface area (Å²) in [5.74, 6) is -1.54. The summed E-state index contributed by atoms with van der Waals surface area (Å²) in [6.45, 7) is -1.82. The van der Waals surface area contributed by atoms with Gasteiger partial charge in [0.15, 0.2) is 17.8 Å². The van der Waals surface area contributed by atoms with Crippen LogP contribution in [0.15, 0.2) is 53.6 Å². The van der Waals surface area contributed by atoms with Crippen LogP contribution in [0.3, 0.4) is 0 Å². The zero-order chi connectivity index (χ0) is 31.3. The Morgan fingerprint density at radius 2 is 1.77 bits per heavy atom. The molecule has 2 N–H and O–H groups in total. The second-order valence-corrected chi connectivity index (χ2v) is 10.0. The van der Waals surface area contributed by atoms with E-state index < -0.39 is 72.2 Å². The molecule has 0 spiro atoms. The number of aliphatic hydroxyl groups is 1. The Kier molecular flexibility index (Phi) is 7.81. The molecule has 228 valence electrons. The summed E-state index contributed by atoms with van der Waals surface area (Å²) in [6, 6.07) is 7.52. The minimum atomic E-state index is -5.06. The van der Waals surface area contributed by atoms with E-state index in [1.54, 1.807) is 0 Å². The second kappa shape index (κ2) is 11.1. The molecule has 5 rings (SSSR count). The van der Waals surface area contributed by atoms with Gasteiger partial charge in [0.1, 0.15) is 19.0 Å². The lowest BCUT2D eigenvalue weighted by Crippen LogP contribution is -2.37. The highest BCUT2D eigenvalue weighted by Crippen LogP contribution is 2.36. The van der Waals surface area contributed by atoms with Crippen molar-refractivity contribution in [1.82, 2.24) is 34.4 Å². The first-order valence-corrected chi connectivity index (χ1v) is 12.8. The van der Waals surface area contributed by atoms with E-state index in [4.69, 9.17) is 11.6 Å². The van der Waals surface area contributed by atoms with Gasteiger partial charge in [0.25, 0.3) is 5.91 Å². The average molecular weight is 634 g/mol. The monoisotopic (exact) mass is 633 g/mol. The maximum atomic E-state index is 13.9. The zero-order valence-corrected chi connectivity index (χ0v) is 22.2. The Balaban J connectivity index is 1.52. The Morgan fingerprint density at radius 1 is 1.09 bits per heavy atom. The van der Waals surface area contributed by atoms with Crippen molar-refractivity contribution in [3.8, 4) is 17.1 Å². The summed E-state index contributed by atoms with van der Waals surface area (Å²) in [6.07, 6.45) is -13.4. The van der Waals surface area contributed by atoms with Gasteiger partial charge in [-0.05, 0) is 36.4 Å². The molecular weight excluding hydrogens is 615 g/mol. The molecule has 2 aromatic carbocycles. The third-order valence-corrected chi connectivity index (χ3v) is 6.69. The number of hydrogen-bond acceptors (Lipinski definition) is 6. The molecule has 10 nitrogen and oxygen atoms in total. The van der Waals surface area contributed by atoms with Crippen molar-refractivity contribution in [3.63, 3.8) is 0 Å². The summed E-state index contributed by atoms with van der Waals surface area (Å²) < 4.78 is 96.3. The highest BCUT2D eigenvalue weighted by Gasteiger charge is 2.41. The van der Waals surface area contributed by atoms with E-state index >= 15 is 0 Å². The van der Waals surface area contributed by atoms with Gasteiger partial charge < -0.3 is 10.4 Å². The van der Waals surface area contributed by atoms with E-state index in [0.29, 0.717) is 20.0 Å². The van der Waals surface area contributed by atoms with Gasteiger partial charge in [-0.1, -0.05) is 17.7 Å². The van der Waals surface area contributed by atoms with E-state index in [2.05, 4.69) is 20.5 Å². The molecule has 2 aromatic heterocycles. The van der Waals surface area contributed by atoms with Gasteiger partial charge in [-0.25, -0.2) is 23.5 Å². The topological polar surface area (TPSA) is 120 Å². The number of aliphatic hydroxyl groups excluding tert-OH is 1. The molecule has 1 amide bonds. The fraction of sp³-hybridized carbons (Fsp3) is 0.320. The van der Waals surface area contributed by atoms with Crippen molar-refractivity contribution in [3.05, 3.63) is 81.3 Å². The molecule has 3 atom stereocenters. The molecule has 1 saturated carbocycles. The van der Waals surface area contributed by atoms with Crippen LogP contribution in [0, 0.1) is 0 Å². The number of hydrogen-bond donors (Lipinski definition) is 2. The van der Waals surface area contributed by atoms with Gasteiger partial charge in [-0.3, -0.25) is 9.36 Å². The molecule has 1 fully saturated rings. The van der Waals surface area contributed by atoms with Gasteiger partial charge in [-0.15, -0.1) is 10.2 Å². The van der Waals surface area contributed by atoms with Crippen LogP contribution in [0.4, 0.5) is 30.7 Å². The van der Waals surface area contributed by atoms with Gasteiger partial charge in [0.05, 0.1) is 29.4 Å². The van der Waals surface area contributed by atoms with Gasteiger partial charge in [0, 0.05) is 17.0 Å². The minimum Gasteiger partial charge on any atom is -0.382 e. The first kappa shape index (κ1) is 30.2. The maximum Gasteiger partial charge on any atom is 0.418 e. The van der Waals surface area contributed by atoms with Crippen LogP contribution in [-0.4, -0.2) is 64.6 Å². The number of benzene rings is 2. The van der Waals surface area contributed by atoms with Gasteiger partial charge in [0.2, 0.25) is 0 Å². The normalized spacial score (nSPS) is 17.6. The predicted octanol–water partition coefficient (Wildman–Crippen LogP) is 3.78. The van der Waals surface area contributed by atoms with E-state index in [1.807, 2.05) is 0 Å². The average Bonchev–Trinajstić information content (AvgIpc) is 3.29.